The molecule has 1 atom stereocenters. The van der Waals surface area contributed by atoms with Crippen molar-refractivity contribution in [2.24, 2.45) is 5.41 Å². The van der Waals surface area contributed by atoms with Gasteiger partial charge < -0.3 is 10.1 Å². The first-order valence-electron chi connectivity index (χ1n) is 5.32. The van der Waals surface area contributed by atoms with Gasteiger partial charge in [0.15, 0.2) is 0 Å². The van der Waals surface area contributed by atoms with E-state index in [9.17, 15) is 4.79 Å². The van der Waals surface area contributed by atoms with E-state index in [1.165, 1.54) is 0 Å². The van der Waals surface area contributed by atoms with E-state index in [-0.39, 0.29) is 11.4 Å². The number of rotatable bonds is 6. The van der Waals surface area contributed by atoms with E-state index < -0.39 is 0 Å². The normalized spacial score (nSPS) is 13.7. The van der Waals surface area contributed by atoms with Gasteiger partial charge in [-0.3, -0.25) is 4.79 Å². The molecule has 0 saturated heterocycles. The lowest BCUT2D eigenvalue weighted by molar-refractivity contribution is -0.139. The van der Waals surface area contributed by atoms with E-state index in [0.29, 0.717) is 18.4 Å². The molecule has 0 radical (unpaired) electrons. The topological polar surface area (TPSA) is 38.3 Å². The molecule has 0 bridgehead atoms. The van der Waals surface area contributed by atoms with Gasteiger partial charge in [-0.1, -0.05) is 20.8 Å². The molecular weight excluding hydrogens is 210 g/mol. The summed E-state index contributed by atoms with van der Waals surface area (Å²) in [5.74, 6) is 1.26. The summed E-state index contributed by atoms with van der Waals surface area (Å²) in [6.07, 6.45) is 0. The molecule has 90 valence electrons. The highest BCUT2D eigenvalue weighted by Crippen LogP contribution is 2.22. The minimum atomic E-state index is -0.119. The number of carbonyl (C=O) groups excluding carboxylic acids is 1. The smallest absolute Gasteiger partial charge is 0.315 e. The molecule has 0 aliphatic carbocycles. The van der Waals surface area contributed by atoms with Crippen molar-refractivity contribution >= 4 is 17.7 Å². The molecule has 3 nitrogen and oxygen atoms in total. The van der Waals surface area contributed by atoms with Crippen LogP contribution in [-0.2, 0) is 9.53 Å². The molecule has 0 aliphatic heterocycles. The molecule has 1 unspecified atom stereocenters. The summed E-state index contributed by atoms with van der Waals surface area (Å²) in [7, 11) is 1.96. The van der Waals surface area contributed by atoms with Crippen LogP contribution in [0.15, 0.2) is 0 Å². The second-order valence-electron chi connectivity index (χ2n) is 4.53. The monoisotopic (exact) mass is 233 g/mol. The zero-order valence-electron chi connectivity index (χ0n) is 10.4. The van der Waals surface area contributed by atoms with Crippen LogP contribution in [0.3, 0.4) is 0 Å². The van der Waals surface area contributed by atoms with E-state index >= 15 is 0 Å². The van der Waals surface area contributed by atoms with E-state index in [1.54, 1.807) is 11.8 Å². The summed E-state index contributed by atoms with van der Waals surface area (Å²) in [4.78, 5) is 11.1. The Labute approximate surface area is 97.3 Å². The number of carbonyl (C=O) groups is 1. The van der Waals surface area contributed by atoms with Crippen molar-refractivity contribution in [2.45, 2.75) is 33.7 Å². The Morgan fingerprint density at radius 2 is 2.07 bits per heavy atom. The molecule has 4 heteroatoms. The fourth-order valence-corrected chi connectivity index (χ4v) is 2.50. The first-order valence-corrected chi connectivity index (χ1v) is 6.48. The Morgan fingerprint density at radius 3 is 2.47 bits per heavy atom. The van der Waals surface area contributed by atoms with Crippen molar-refractivity contribution in [1.82, 2.24) is 5.32 Å². The summed E-state index contributed by atoms with van der Waals surface area (Å²) in [5, 5.41) is 3.27. The van der Waals surface area contributed by atoms with Crippen LogP contribution in [-0.4, -0.2) is 37.2 Å². The quantitative estimate of drug-likeness (QED) is 0.711. The van der Waals surface area contributed by atoms with Crippen LogP contribution >= 0.6 is 11.8 Å². The van der Waals surface area contributed by atoms with Gasteiger partial charge in [-0.25, -0.2) is 0 Å². The van der Waals surface area contributed by atoms with E-state index in [1.807, 2.05) is 14.0 Å². The lowest BCUT2D eigenvalue weighted by Gasteiger charge is -2.30. The van der Waals surface area contributed by atoms with Gasteiger partial charge in [-0.2, -0.15) is 0 Å². The van der Waals surface area contributed by atoms with Crippen LogP contribution in [0.25, 0.3) is 0 Å². The highest BCUT2D eigenvalue weighted by Gasteiger charge is 2.22. The second-order valence-corrected chi connectivity index (χ2v) is 5.56. The summed E-state index contributed by atoms with van der Waals surface area (Å²) in [6, 6.07) is 0.414. The van der Waals surface area contributed by atoms with Gasteiger partial charge in [0.2, 0.25) is 0 Å². The lowest BCUT2D eigenvalue weighted by atomic mass is 9.88. The third kappa shape index (κ3) is 6.79. The predicted molar refractivity (Wildman–Crippen MR) is 66.3 cm³/mol. The molecule has 0 rings (SSSR count). The van der Waals surface area contributed by atoms with Gasteiger partial charge in [-0.05, 0) is 19.4 Å². The third-order valence-electron chi connectivity index (χ3n) is 2.20. The number of hydrogen-bond acceptors (Lipinski definition) is 4. The van der Waals surface area contributed by atoms with Gasteiger partial charge in [0.1, 0.15) is 0 Å². The zero-order chi connectivity index (χ0) is 11.9. The minimum absolute atomic E-state index is 0.119. The Balaban J connectivity index is 3.78. The van der Waals surface area contributed by atoms with Crippen LogP contribution in [0.5, 0.6) is 0 Å². The molecule has 0 heterocycles. The lowest BCUT2D eigenvalue weighted by Crippen LogP contribution is -2.40. The molecule has 0 spiro atoms. The molecule has 0 saturated carbocycles. The van der Waals surface area contributed by atoms with Crippen LogP contribution in [0, 0.1) is 5.41 Å². The average Bonchev–Trinajstić information content (AvgIpc) is 2.10. The molecule has 0 aliphatic rings. The molecule has 0 aromatic heterocycles. The Kier molecular flexibility index (Phi) is 7.02. The van der Waals surface area contributed by atoms with Gasteiger partial charge in [0, 0.05) is 11.8 Å². The van der Waals surface area contributed by atoms with Crippen molar-refractivity contribution in [3.8, 4) is 0 Å². The van der Waals surface area contributed by atoms with Crippen LogP contribution in [0.4, 0.5) is 0 Å². The molecule has 0 aromatic carbocycles. The van der Waals surface area contributed by atoms with Crippen molar-refractivity contribution in [2.75, 3.05) is 25.2 Å². The van der Waals surface area contributed by atoms with Crippen molar-refractivity contribution < 1.29 is 9.53 Å². The molecular formula is C11H23NO2S. The van der Waals surface area contributed by atoms with E-state index in [4.69, 9.17) is 4.74 Å². The summed E-state index contributed by atoms with van der Waals surface area (Å²) >= 11 is 1.62. The number of thioether (sulfide) groups is 1. The van der Waals surface area contributed by atoms with Crippen molar-refractivity contribution in [3.05, 3.63) is 0 Å². The van der Waals surface area contributed by atoms with Crippen molar-refractivity contribution in [1.29, 1.82) is 0 Å². The number of nitrogens with one attached hydrogen (secondary N) is 1. The largest absolute Gasteiger partial charge is 0.465 e. The van der Waals surface area contributed by atoms with Crippen LogP contribution in [0.1, 0.15) is 27.7 Å². The zero-order valence-corrected chi connectivity index (χ0v) is 11.2. The minimum Gasteiger partial charge on any atom is -0.465 e. The molecule has 0 amide bonds. The first kappa shape index (κ1) is 14.8. The number of ether oxygens (including phenoxy) is 1. The standard InChI is InChI=1S/C11H23NO2S/c1-6-14-10(13)8-15-7-9(12-5)11(2,3)4/h9,12H,6-8H2,1-5H3. The van der Waals surface area contributed by atoms with E-state index in [0.717, 1.165) is 5.75 Å². The summed E-state index contributed by atoms with van der Waals surface area (Å²) in [6.45, 7) is 8.87. The molecule has 15 heavy (non-hydrogen) atoms. The average molecular weight is 233 g/mol. The number of hydrogen-bond donors (Lipinski definition) is 1. The summed E-state index contributed by atoms with van der Waals surface area (Å²) < 4.78 is 4.86. The van der Waals surface area contributed by atoms with Gasteiger partial charge in [0.25, 0.3) is 0 Å². The Bertz CT molecular complexity index is 190. The SMILES string of the molecule is CCOC(=O)CSCC(NC)C(C)(C)C. The van der Waals surface area contributed by atoms with Gasteiger partial charge in [0.05, 0.1) is 12.4 Å². The van der Waals surface area contributed by atoms with Crippen molar-refractivity contribution in [3.63, 3.8) is 0 Å². The summed E-state index contributed by atoms with van der Waals surface area (Å²) in [5.41, 5.74) is 0.219. The highest BCUT2D eigenvalue weighted by molar-refractivity contribution is 7.99. The Hall–Kier alpha value is -0.220. The fourth-order valence-electron chi connectivity index (χ4n) is 1.23. The fraction of sp³-hybridized carbons (Fsp3) is 0.909. The van der Waals surface area contributed by atoms with E-state index in [2.05, 4.69) is 26.1 Å². The maximum atomic E-state index is 11.1. The number of esters is 1. The van der Waals surface area contributed by atoms with Crippen LogP contribution in [0.2, 0.25) is 0 Å². The van der Waals surface area contributed by atoms with Gasteiger partial charge in [-0.15, -0.1) is 11.8 Å². The van der Waals surface area contributed by atoms with Crippen LogP contribution < -0.4 is 5.32 Å². The molecule has 0 fully saturated rings. The highest BCUT2D eigenvalue weighted by atomic mass is 32.2. The maximum Gasteiger partial charge on any atom is 0.315 e. The third-order valence-corrected chi connectivity index (χ3v) is 3.21. The Morgan fingerprint density at radius 1 is 1.47 bits per heavy atom. The molecule has 1 N–H and O–H groups in total. The predicted octanol–water partition coefficient (Wildman–Crippen LogP) is 1.92. The molecule has 0 aromatic rings. The second kappa shape index (κ2) is 7.12. The van der Waals surface area contributed by atoms with Gasteiger partial charge >= 0.3 is 5.97 Å². The maximum absolute atomic E-state index is 11.1. The first-order chi connectivity index (χ1) is 6.91.